The molecule has 1 saturated heterocycles. The highest BCUT2D eigenvalue weighted by Gasteiger charge is 2.13. The molecule has 108 valence electrons. The number of thiazole rings is 1. The van der Waals surface area contributed by atoms with Crippen LogP contribution in [0.5, 0.6) is 0 Å². The second-order valence-electron chi connectivity index (χ2n) is 5.15. The van der Waals surface area contributed by atoms with E-state index in [-0.39, 0.29) is 0 Å². The molecule has 5 heteroatoms. The third-order valence-electron chi connectivity index (χ3n) is 3.66. The summed E-state index contributed by atoms with van der Waals surface area (Å²) in [5, 5.41) is 4.75. The number of hydrogen-bond donors (Lipinski definition) is 1. The van der Waals surface area contributed by atoms with Crippen molar-refractivity contribution >= 4 is 21.6 Å². The van der Waals surface area contributed by atoms with E-state index in [9.17, 15) is 0 Å². The number of benzene rings is 1. The SMILES string of the molecule is CC(NCCN1CCOCC1)c1nc2ccccc2s1. The number of aromatic nitrogens is 1. The second kappa shape index (κ2) is 6.63. The van der Waals surface area contributed by atoms with Crippen LogP contribution >= 0.6 is 11.3 Å². The van der Waals surface area contributed by atoms with E-state index in [0.717, 1.165) is 44.9 Å². The minimum Gasteiger partial charge on any atom is -0.379 e. The topological polar surface area (TPSA) is 37.4 Å². The van der Waals surface area contributed by atoms with Crippen molar-refractivity contribution in [3.63, 3.8) is 0 Å². The molecular formula is C15H21N3OS. The Morgan fingerprint density at radius 1 is 1.35 bits per heavy atom. The van der Waals surface area contributed by atoms with Gasteiger partial charge in [-0.15, -0.1) is 11.3 Å². The molecule has 0 amide bonds. The second-order valence-corrected chi connectivity index (χ2v) is 6.21. The number of hydrogen-bond acceptors (Lipinski definition) is 5. The molecule has 1 aliphatic rings. The molecule has 1 aliphatic heterocycles. The van der Waals surface area contributed by atoms with Gasteiger partial charge in [-0.1, -0.05) is 12.1 Å². The fourth-order valence-electron chi connectivity index (χ4n) is 2.43. The summed E-state index contributed by atoms with van der Waals surface area (Å²) in [5.74, 6) is 0. The number of ether oxygens (including phenoxy) is 1. The van der Waals surface area contributed by atoms with E-state index >= 15 is 0 Å². The predicted molar refractivity (Wildman–Crippen MR) is 83.3 cm³/mol. The Labute approximate surface area is 123 Å². The average Bonchev–Trinajstić information content (AvgIpc) is 2.92. The Bertz CT molecular complexity index is 518. The van der Waals surface area contributed by atoms with Gasteiger partial charge in [-0.05, 0) is 19.1 Å². The molecule has 1 unspecified atom stereocenters. The molecule has 1 aromatic carbocycles. The van der Waals surface area contributed by atoms with Crippen LogP contribution in [0.25, 0.3) is 10.2 Å². The summed E-state index contributed by atoms with van der Waals surface area (Å²) < 4.78 is 6.63. The van der Waals surface area contributed by atoms with E-state index in [2.05, 4.69) is 35.3 Å². The first kappa shape index (κ1) is 13.9. The summed E-state index contributed by atoms with van der Waals surface area (Å²) in [6.45, 7) is 8.11. The van der Waals surface area contributed by atoms with Crippen LogP contribution in [0, 0.1) is 0 Å². The van der Waals surface area contributed by atoms with Crippen molar-refractivity contribution in [3.8, 4) is 0 Å². The van der Waals surface area contributed by atoms with Gasteiger partial charge in [0.15, 0.2) is 0 Å². The summed E-state index contributed by atoms with van der Waals surface area (Å²) in [7, 11) is 0. The number of para-hydroxylation sites is 1. The van der Waals surface area contributed by atoms with Crippen molar-refractivity contribution in [2.45, 2.75) is 13.0 Å². The lowest BCUT2D eigenvalue weighted by molar-refractivity contribution is 0.0382. The molecule has 4 nitrogen and oxygen atoms in total. The normalized spacial score (nSPS) is 18.4. The van der Waals surface area contributed by atoms with Crippen LogP contribution in [0.1, 0.15) is 18.0 Å². The standard InChI is InChI=1S/C15H21N3OS/c1-12(16-6-7-18-8-10-19-11-9-18)15-17-13-4-2-3-5-14(13)20-15/h2-5,12,16H,6-11H2,1H3. The molecule has 0 spiro atoms. The van der Waals surface area contributed by atoms with Crippen LogP contribution in [0.2, 0.25) is 0 Å². The summed E-state index contributed by atoms with van der Waals surface area (Å²) in [5.41, 5.74) is 1.11. The van der Waals surface area contributed by atoms with E-state index in [1.165, 1.54) is 9.71 Å². The molecule has 2 aromatic rings. The lowest BCUT2D eigenvalue weighted by atomic mass is 10.3. The first-order valence-electron chi connectivity index (χ1n) is 7.22. The molecule has 0 saturated carbocycles. The van der Waals surface area contributed by atoms with E-state index in [4.69, 9.17) is 9.72 Å². The fourth-order valence-corrected chi connectivity index (χ4v) is 3.42. The smallest absolute Gasteiger partial charge is 0.111 e. The number of nitrogens with zero attached hydrogens (tertiary/aromatic N) is 2. The molecule has 1 atom stereocenters. The van der Waals surface area contributed by atoms with Gasteiger partial charge in [0.1, 0.15) is 5.01 Å². The Morgan fingerprint density at radius 3 is 2.95 bits per heavy atom. The maximum absolute atomic E-state index is 5.36. The van der Waals surface area contributed by atoms with Gasteiger partial charge < -0.3 is 10.1 Å². The third kappa shape index (κ3) is 3.35. The van der Waals surface area contributed by atoms with Crippen LogP contribution in [-0.4, -0.2) is 49.3 Å². The van der Waals surface area contributed by atoms with Gasteiger partial charge in [0.05, 0.1) is 29.5 Å². The highest BCUT2D eigenvalue weighted by Crippen LogP contribution is 2.25. The fraction of sp³-hybridized carbons (Fsp3) is 0.533. The number of morpholine rings is 1. The van der Waals surface area contributed by atoms with Crippen LogP contribution in [-0.2, 0) is 4.74 Å². The Morgan fingerprint density at radius 2 is 2.15 bits per heavy atom. The highest BCUT2D eigenvalue weighted by molar-refractivity contribution is 7.18. The van der Waals surface area contributed by atoms with E-state index in [0.29, 0.717) is 6.04 Å². The molecule has 0 bridgehead atoms. The molecular weight excluding hydrogens is 270 g/mol. The largest absolute Gasteiger partial charge is 0.379 e. The lowest BCUT2D eigenvalue weighted by Crippen LogP contribution is -2.40. The van der Waals surface area contributed by atoms with Crippen LogP contribution in [0.3, 0.4) is 0 Å². The maximum Gasteiger partial charge on any atom is 0.111 e. The van der Waals surface area contributed by atoms with Crippen LogP contribution in [0.4, 0.5) is 0 Å². The third-order valence-corrected chi connectivity index (χ3v) is 4.88. The molecule has 1 N–H and O–H groups in total. The molecule has 20 heavy (non-hydrogen) atoms. The first-order valence-corrected chi connectivity index (χ1v) is 8.03. The summed E-state index contributed by atoms with van der Waals surface area (Å²) in [6, 6.07) is 8.64. The molecule has 3 rings (SSSR count). The number of rotatable bonds is 5. The maximum atomic E-state index is 5.36. The number of nitrogens with one attached hydrogen (secondary N) is 1. The van der Waals surface area contributed by atoms with Gasteiger partial charge >= 0.3 is 0 Å². The summed E-state index contributed by atoms with van der Waals surface area (Å²) in [4.78, 5) is 7.15. The van der Waals surface area contributed by atoms with Crippen molar-refractivity contribution in [1.82, 2.24) is 15.2 Å². The van der Waals surface area contributed by atoms with Gasteiger partial charge in [0, 0.05) is 26.2 Å². The Hall–Kier alpha value is -1.01. The summed E-state index contributed by atoms with van der Waals surface area (Å²) in [6.07, 6.45) is 0. The summed E-state index contributed by atoms with van der Waals surface area (Å²) >= 11 is 1.78. The van der Waals surface area contributed by atoms with Crippen LogP contribution < -0.4 is 5.32 Å². The first-order chi connectivity index (χ1) is 9.83. The average molecular weight is 291 g/mol. The Balaban J connectivity index is 1.52. The zero-order valence-corrected chi connectivity index (χ0v) is 12.7. The van der Waals surface area contributed by atoms with Crippen molar-refractivity contribution < 1.29 is 4.74 Å². The predicted octanol–water partition coefficient (Wildman–Crippen LogP) is 2.28. The van der Waals surface area contributed by atoms with Gasteiger partial charge in [-0.3, -0.25) is 4.90 Å². The van der Waals surface area contributed by atoms with Gasteiger partial charge in [0.2, 0.25) is 0 Å². The van der Waals surface area contributed by atoms with Gasteiger partial charge in [0.25, 0.3) is 0 Å². The van der Waals surface area contributed by atoms with Crippen molar-refractivity contribution in [3.05, 3.63) is 29.3 Å². The quantitative estimate of drug-likeness (QED) is 0.917. The van der Waals surface area contributed by atoms with Crippen molar-refractivity contribution in [1.29, 1.82) is 0 Å². The van der Waals surface area contributed by atoms with Gasteiger partial charge in [-0.2, -0.15) is 0 Å². The minimum atomic E-state index is 0.313. The zero-order valence-electron chi connectivity index (χ0n) is 11.8. The zero-order chi connectivity index (χ0) is 13.8. The molecule has 1 fully saturated rings. The highest BCUT2D eigenvalue weighted by atomic mass is 32.1. The Kier molecular flexibility index (Phi) is 4.62. The van der Waals surface area contributed by atoms with E-state index in [1.54, 1.807) is 11.3 Å². The monoisotopic (exact) mass is 291 g/mol. The van der Waals surface area contributed by atoms with Crippen LogP contribution in [0.15, 0.2) is 24.3 Å². The van der Waals surface area contributed by atoms with E-state index < -0.39 is 0 Å². The lowest BCUT2D eigenvalue weighted by Gasteiger charge is -2.27. The van der Waals surface area contributed by atoms with Gasteiger partial charge in [-0.25, -0.2) is 4.98 Å². The van der Waals surface area contributed by atoms with Crippen molar-refractivity contribution in [2.24, 2.45) is 0 Å². The minimum absolute atomic E-state index is 0.313. The molecule has 2 heterocycles. The molecule has 0 aliphatic carbocycles. The molecule has 0 radical (unpaired) electrons. The number of fused-ring (bicyclic) bond motifs is 1. The molecule has 1 aromatic heterocycles. The van der Waals surface area contributed by atoms with E-state index in [1.807, 2.05) is 6.07 Å². The van der Waals surface area contributed by atoms with Crippen molar-refractivity contribution in [2.75, 3.05) is 39.4 Å².